The second-order valence-electron chi connectivity index (χ2n) is 7.79. The molecular formula is C25H23F2N5O3. The van der Waals surface area contributed by atoms with Crippen molar-refractivity contribution in [1.82, 2.24) is 15.4 Å². The van der Waals surface area contributed by atoms with E-state index < -0.39 is 23.1 Å². The summed E-state index contributed by atoms with van der Waals surface area (Å²) >= 11 is 0. The number of aliphatic hydroxyl groups excluding tert-OH is 1. The van der Waals surface area contributed by atoms with E-state index in [0.717, 1.165) is 34.3 Å². The molecule has 4 aromatic rings. The van der Waals surface area contributed by atoms with Gasteiger partial charge in [-0.1, -0.05) is 12.1 Å². The minimum atomic E-state index is -1.10. The summed E-state index contributed by atoms with van der Waals surface area (Å²) in [5.74, 6) is -2.92. The Hall–Kier alpha value is -4.15. The van der Waals surface area contributed by atoms with E-state index in [2.05, 4.69) is 20.1 Å². The van der Waals surface area contributed by atoms with Crippen molar-refractivity contribution in [3.05, 3.63) is 83.1 Å². The average Bonchev–Trinajstić information content (AvgIpc) is 2.83. The molecule has 0 unspecified atom stereocenters. The zero-order valence-corrected chi connectivity index (χ0v) is 18.8. The van der Waals surface area contributed by atoms with Gasteiger partial charge in [0.15, 0.2) is 0 Å². The standard InChI is InChI=1S/C25H23F2N5O3/c1-14-2-4-16-10-15(3-6-21(16)30-14)13-29-24-20(28)5-7-22(31-24)17-11-18(26)23(19(27)12-17)25(34)32-35-9-8-33/h2-7,10-12,33H,8-9,13,28H2,1H3,(H,29,31)(H,32,34). The van der Waals surface area contributed by atoms with Crippen molar-refractivity contribution in [2.24, 2.45) is 0 Å². The number of nitrogens with zero attached hydrogens (tertiary/aromatic N) is 2. The van der Waals surface area contributed by atoms with Gasteiger partial charge in [-0.05, 0) is 55.0 Å². The molecule has 4 rings (SSSR count). The van der Waals surface area contributed by atoms with Gasteiger partial charge in [-0.2, -0.15) is 0 Å². The highest BCUT2D eigenvalue weighted by Crippen LogP contribution is 2.27. The Morgan fingerprint density at radius 3 is 2.57 bits per heavy atom. The maximum Gasteiger partial charge on any atom is 0.280 e. The Morgan fingerprint density at radius 1 is 1.06 bits per heavy atom. The molecule has 2 heterocycles. The third kappa shape index (κ3) is 5.51. The van der Waals surface area contributed by atoms with Gasteiger partial charge >= 0.3 is 0 Å². The van der Waals surface area contributed by atoms with Crippen molar-refractivity contribution >= 4 is 28.3 Å². The monoisotopic (exact) mass is 479 g/mol. The van der Waals surface area contributed by atoms with Gasteiger partial charge < -0.3 is 16.2 Å². The number of carbonyl (C=O) groups is 1. The highest BCUT2D eigenvalue weighted by molar-refractivity contribution is 5.94. The lowest BCUT2D eigenvalue weighted by Crippen LogP contribution is -2.27. The molecule has 2 aromatic heterocycles. The number of aromatic nitrogens is 2. The summed E-state index contributed by atoms with van der Waals surface area (Å²) in [6.45, 7) is 1.78. The van der Waals surface area contributed by atoms with E-state index in [9.17, 15) is 13.6 Å². The van der Waals surface area contributed by atoms with Crippen molar-refractivity contribution in [2.45, 2.75) is 13.5 Å². The molecule has 0 atom stereocenters. The van der Waals surface area contributed by atoms with Crippen molar-refractivity contribution in [3.8, 4) is 11.3 Å². The minimum absolute atomic E-state index is 0.128. The van der Waals surface area contributed by atoms with Crippen LogP contribution in [0.3, 0.4) is 0 Å². The SMILES string of the molecule is Cc1ccc2cc(CNc3nc(-c4cc(F)c(C(=O)NOCCO)c(F)c4)ccc3N)ccc2n1. The number of nitrogen functional groups attached to an aromatic ring is 1. The molecule has 180 valence electrons. The molecule has 0 spiro atoms. The van der Waals surface area contributed by atoms with Gasteiger partial charge in [-0.25, -0.2) is 19.2 Å². The molecular weight excluding hydrogens is 456 g/mol. The van der Waals surface area contributed by atoms with Crippen LogP contribution in [0.25, 0.3) is 22.2 Å². The van der Waals surface area contributed by atoms with Gasteiger partial charge in [-0.15, -0.1) is 0 Å². The third-order valence-corrected chi connectivity index (χ3v) is 5.20. The van der Waals surface area contributed by atoms with E-state index in [1.807, 2.05) is 42.7 Å². The van der Waals surface area contributed by atoms with E-state index >= 15 is 0 Å². The number of halogens is 2. The molecule has 8 nitrogen and oxygen atoms in total. The van der Waals surface area contributed by atoms with Gasteiger partial charge in [-0.3, -0.25) is 14.6 Å². The first-order chi connectivity index (χ1) is 16.9. The number of carbonyl (C=O) groups excluding carboxylic acids is 1. The lowest BCUT2D eigenvalue weighted by molar-refractivity contribution is 0.0162. The summed E-state index contributed by atoms with van der Waals surface area (Å²) in [7, 11) is 0. The molecule has 5 N–H and O–H groups in total. The summed E-state index contributed by atoms with van der Waals surface area (Å²) in [6, 6.07) is 15.0. The molecule has 0 bridgehead atoms. The number of benzene rings is 2. The number of amides is 1. The van der Waals surface area contributed by atoms with Crippen LogP contribution in [0.2, 0.25) is 0 Å². The number of hydrogen-bond acceptors (Lipinski definition) is 7. The Bertz CT molecular complexity index is 1370. The number of anilines is 2. The minimum Gasteiger partial charge on any atom is -0.396 e. The van der Waals surface area contributed by atoms with Gasteiger partial charge in [0.1, 0.15) is 23.0 Å². The Balaban J connectivity index is 1.54. The van der Waals surface area contributed by atoms with Crippen LogP contribution in [0, 0.1) is 18.6 Å². The van der Waals surface area contributed by atoms with Gasteiger partial charge in [0, 0.05) is 23.2 Å². The van der Waals surface area contributed by atoms with E-state index in [1.165, 1.54) is 6.07 Å². The Labute approximate surface area is 199 Å². The highest BCUT2D eigenvalue weighted by Gasteiger charge is 2.20. The van der Waals surface area contributed by atoms with Crippen LogP contribution in [-0.4, -0.2) is 34.2 Å². The number of aliphatic hydroxyl groups is 1. The molecule has 1 amide bonds. The first-order valence-electron chi connectivity index (χ1n) is 10.7. The van der Waals surface area contributed by atoms with E-state index in [-0.39, 0.29) is 24.5 Å². The van der Waals surface area contributed by atoms with Crippen molar-refractivity contribution in [2.75, 3.05) is 24.3 Å². The maximum atomic E-state index is 14.6. The molecule has 0 aliphatic heterocycles. The van der Waals surface area contributed by atoms with Crippen LogP contribution < -0.4 is 16.5 Å². The van der Waals surface area contributed by atoms with Gasteiger partial charge in [0.05, 0.1) is 30.1 Å². The zero-order valence-electron chi connectivity index (χ0n) is 18.8. The quantitative estimate of drug-likeness (QED) is 0.224. The predicted molar refractivity (Wildman–Crippen MR) is 128 cm³/mol. The predicted octanol–water partition coefficient (Wildman–Crippen LogP) is 3.73. The van der Waals surface area contributed by atoms with Crippen LogP contribution in [0.15, 0.2) is 54.6 Å². The number of rotatable bonds is 8. The largest absolute Gasteiger partial charge is 0.396 e. The molecule has 35 heavy (non-hydrogen) atoms. The number of hydroxylamine groups is 1. The Morgan fingerprint density at radius 2 is 1.83 bits per heavy atom. The lowest BCUT2D eigenvalue weighted by Gasteiger charge is -2.12. The smallest absolute Gasteiger partial charge is 0.280 e. The second-order valence-corrected chi connectivity index (χ2v) is 7.79. The number of fused-ring (bicyclic) bond motifs is 1. The molecule has 2 aromatic carbocycles. The summed E-state index contributed by atoms with van der Waals surface area (Å²) in [5.41, 5.74) is 10.7. The summed E-state index contributed by atoms with van der Waals surface area (Å²) < 4.78 is 29.2. The zero-order chi connectivity index (χ0) is 24.9. The fraction of sp³-hybridized carbons (Fsp3) is 0.160. The highest BCUT2D eigenvalue weighted by atomic mass is 19.1. The average molecular weight is 479 g/mol. The van der Waals surface area contributed by atoms with Crippen molar-refractivity contribution in [1.29, 1.82) is 0 Å². The fourth-order valence-corrected chi connectivity index (χ4v) is 3.50. The van der Waals surface area contributed by atoms with Crippen molar-refractivity contribution < 1.29 is 23.5 Å². The van der Waals surface area contributed by atoms with E-state index in [0.29, 0.717) is 18.1 Å². The number of aryl methyl sites for hydroxylation is 1. The van der Waals surface area contributed by atoms with E-state index in [1.54, 1.807) is 6.07 Å². The van der Waals surface area contributed by atoms with Gasteiger partial charge in [0.25, 0.3) is 5.91 Å². The van der Waals surface area contributed by atoms with Crippen LogP contribution in [0.5, 0.6) is 0 Å². The van der Waals surface area contributed by atoms with Crippen LogP contribution in [-0.2, 0) is 11.4 Å². The Kier molecular flexibility index (Phi) is 7.14. The second kappa shape index (κ2) is 10.4. The van der Waals surface area contributed by atoms with Crippen LogP contribution in [0.4, 0.5) is 20.3 Å². The molecule has 10 heteroatoms. The lowest BCUT2D eigenvalue weighted by atomic mass is 10.1. The summed E-state index contributed by atoms with van der Waals surface area (Å²) in [4.78, 5) is 25.5. The number of nitrogens with two attached hydrogens (primary N) is 1. The first kappa shape index (κ1) is 24.0. The molecule has 0 aliphatic rings. The van der Waals surface area contributed by atoms with Gasteiger partial charge in [0.2, 0.25) is 0 Å². The fourth-order valence-electron chi connectivity index (χ4n) is 3.50. The molecule has 0 saturated heterocycles. The molecule has 0 radical (unpaired) electrons. The normalized spacial score (nSPS) is 11.0. The number of hydrogen-bond donors (Lipinski definition) is 4. The number of pyridine rings is 2. The maximum absolute atomic E-state index is 14.6. The number of nitrogens with one attached hydrogen (secondary N) is 2. The third-order valence-electron chi connectivity index (χ3n) is 5.20. The molecule has 0 aliphatic carbocycles. The van der Waals surface area contributed by atoms with Crippen LogP contribution in [0.1, 0.15) is 21.6 Å². The summed E-state index contributed by atoms with van der Waals surface area (Å²) in [6.07, 6.45) is 0. The van der Waals surface area contributed by atoms with Crippen molar-refractivity contribution in [3.63, 3.8) is 0 Å². The van der Waals surface area contributed by atoms with E-state index in [4.69, 9.17) is 10.8 Å². The van der Waals surface area contributed by atoms with Crippen LogP contribution >= 0.6 is 0 Å². The molecule has 0 saturated carbocycles. The first-order valence-corrected chi connectivity index (χ1v) is 10.7. The molecule has 0 fully saturated rings. The topological polar surface area (TPSA) is 122 Å². The summed E-state index contributed by atoms with van der Waals surface area (Å²) in [5, 5.41) is 12.8.